The molecule has 0 spiro atoms. The average molecular weight is 226 g/mol. The summed E-state index contributed by atoms with van der Waals surface area (Å²) in [5.41, 5.74) is 3.74. The van der Waals surface area contributed by atoms with Crippen LogP contribution in [-0.2, 0) is 0 Å². The molecule has 0 amide bonds. The number of ether oxygens (including phenoxy) is 1. The van der Waals surface area contributed by atoms with Crippen LogP contribution in [0, 0.1) is 6.92 Å². The van der Waals surface area contributed by atoms with Crippen molar-refractivity contribution in [1.29, 1.82) is 0 Å². The molecular weight excluding hydrogens is 212 g/mol. The molecule has 2 aromatic carbocycles. The number of rotatable bonds is 3. The van der Waals surface area contributed by atoms with Crippen LogP contribution in [0.15, 0.2) is 42.5 Å². The fraction of sp³-hybridized carbons (Fsp3) is 0.133. The Kier molecular flexibility index (Phi) is 3.24. The van der Waals surface area contributed by atoms with Crippen LogP contribution in [0.1, 0.15) is 15.9 Å². The van der Waals surface area contributed by atoms with Gasteiger partial charge >= 0.3 is 0 Å². The third kappa shape index (κ3) is 2.07. The predicted molar refractivity (Wildman–Crippen MR) is 68.6 cm³/mol. The molecule has 0 unspecified atom stereocenters. The standard InChI is InChI=1S/C15H14O2/c1-11-12(10-16)6-5-8-13(11)14-7-3-4-9-15(14)17-2/h3-10H,1-2H3. The first-order chi connectivity index (χ1) is 8.27. The molecule has 0 saturated carbocycles. The van der Waals surface area contributed by atoms with E-state index in [1.165, 1.54) is 0 Å². The molecule has 0 aliphatic carbocycles. The predicted octanol–water partition coefficient (Wildman–Crippen LogP) is 3.48. The summed E-state index contributed by atoms with van der Waals surface area (Å²) < 4.78 is 5.34. The second kappa shape index (κ2) is 4.83. The summed E-state index contributed by atoms with van der Waals surface area (Å²) in [6.07, 6.45) is 0.883. The van der Waals surface area contributed by atoms with E-state index in [1.807, 2.05) is 49.4 Å². The Morgan fingerprint density at radius 1 is 1.00 bits per heavy atom. The molecule has 2 rings (SSSR count). The summed E-state index contributed by atoms with van der Waals surface area (Å²) in [6, 6.07) is 13.5. The van der Waals surface area contributed by atoms with Crippen LogP contribution in [0.3, 0.4) is 0 Å². The number of carbonyl (C=O) groups is 1. The Bertz CT molecular complexity index is 544. The van der Waals surface area contributed by atoms with Gasteiger partial charge in [-0.15, -0.1) is 0 Å². The minimum atomic E-state index is 0.716. The summed E-state index contributed by atoms with van der Waals surface area (Å²) in [5.74, 6) is 0.818. The van der Waals surface area contributed by atoms with E-state index < -0.39 is 0 Å². The molecule has 17 heavy (non-hydrogen) atoms. The Labute approximate surface area is 101 Å². The van der Waals surface area contributed by atoms with Gasteiger partial charge in [-0.3, -0.25) is 4.79 Å². The van der Waals surface area contributed by atoms with E-state index in [2.05, 4.69) is 0 Å². The number of carbonyl (C=O) groups excluding carboxylic acids is 1. The smallest absolute Gasteiger partial charge is 0.150 e. The van der Waals surface area contributed by atoms with Crippen LogP contribution in [0.5, 0.6) is 5.75 Å². The minimum absolute atomic E-state index is 0.716. The van der Waals surface area contributed by atoms with Crippen LogP contribution in [0.4, 0.5) is 0 Å². The van der Waals surface area contributed by atoms with E-state index in [4.69, 9.17) is 4.74 Å². The molecule has 0 aliphatic rings. The molecule has 86 valence electrons. The third-order valence-corrected chi connectivity index (χ3v) is 2.90. The van der Waals surface area contributed by atoms with Gasteiger partial charge in [0.05, 0.1) is 7.11 Å². The Morgan fingerprint density at radius 2 is 1.71 bits per heavy atom. The third-order valence-electron chi connectivity index (χ3n) is 2.90. The van der Waals surface area contributed by atoms with Crippen molar-refractivity contribution < 1.29 is 9.53 Å². The van der Waals surface area contributed by atoms with Gasteiger partial charge in [0.25, 0.3) is 0 Å². The Hall–Kier alpha value is -2.09. The maximum atomic E-state index is 10.9. The Balaban J connectivity index is 2.64. The monoisotopic (exact) mass is 226 g/mol. The normalized spacial score (nSPS) is 10.0. The van der Waals surface area contributed by atoms with Crippen molar-refractivity contribution in [3.05, 3.63) is 53.6 Å². The molecule has 0 saturated heterocycles. The van der Waals surface area contributed by atoms with Gasteiger partial charge in [0.1, 0.15) is 12.0 Å². The fourth-order valence-electron chi connectivity index (χ4n) is 1.94. The molecule has 0 aliphatic heterocycles. The van der Waals surface area contributed by atoms with Gasteiger partial charge in [-0.1, -0.05) is 36.4 Å². The lowest BCUT2D eigenvalue weighted by molar-refractivity contribution is 0.112. The molecule has 2 aromatic rings. The lowest BCUT2D eigenvalue weighted by atomic mass is 9.96. The molecule has 0 atom stereocenters. The van der Waals surface area contributed by atoms with Crippen molar-refractivity contribution in [2.75, 3.05) is 7.11 Å². The molecule has 0 N–H and O–H groups in total. The summed E-state index contributed by atoms with van der Waals surface area (Å²) in [4.78, 5) is 10.9. The van der Waals surface area contributed by atoms with Gasteiger partial charge in [0.2, 0.25) is 0 Å². The molecular formula is C15H14O2. The second-order valence-corrected chi connectivity index (χ2v) is 3.84. The maximum Gasteiger partial charge on any atom is 0.150 e. The van der Waals surface area contributed by atoms with Gasteiger partial charge in [-0.2, -0.15) is 0 Å². The van der Waals surface area contributed by atoms with Crippen LogP contribution in [-0.4, -0.2) is 13.4 Å². The van der Waals surface area contributed by atoms with E-state index >= 15 is 0 Å². The first-order valence-electron chi connectivity index (χ1n) is 5.46. The van der Waals surface area contributed by atoms with Crippen molar-refractivity contribution in [1.82, 2.24) is 0 Å². The number of para-hydroxylation sites is 1. The van der Waals surface area contributed by atoms with Crippen molar-refractivity contribution in [3.63, 3.8) is 0 Å². The average Bonchev–Trinajstić information content (AvgIpc) is 2.39. The first-order valence-corrected chi connectivity index (χ1v) is 5.46. The van der Waals surface area contributed by atoms with Gasteiger partial charge in [-0.25, -0.2) is 0 Å². The van der Waals surface area contributed by atoms with Crippen LogP contribution < -0.4 is 4.74 Å². The van der Waals surface area contributed by atoms with Gasteiger partial charge < -0.3 is 4.74 Å². The van der Waals surface area contributed by atoms with E-state index in [9.17, 15) is 4.79 Å². The number of hydrogen-bond donors (Lipinski definition) is 0. The SMILES string of the molecule is COc1ccccc1-c1cccc(C=O)c1C. The zero-order valence-electron chi connectivity index (χ0n) is 9.94. The molecule has 0 bridgehead atoms. The fourth-order valence-corrected chi connectivity index (χ4v) is 1.94. The molecule has 0 fully saturated rings. The highest BCUT2D eigenvalue weighted by molar-refractivity contribution is 5.84. The highest BCUT2D eigenvalue weighted by Gasteiger charge is 2.09. The summed E-state index contributed by atoms with van der Waals surface area (Å²) >= 11 is 0. The molecule has 0 heterocycles. The molecule has 0 radical (unpaired) electrons. The van der Waals surface area contributed by atoms with E-state index in [0.29, 0.717) is 5.56 Å². The van der Waals surface area contributed by atoms with Crippen LogP contribution in [0.25, 0.3) is 11.1 Å². The van der Waals surface area contributed by atoms with Crippen LogP contribution >= 0.6 is 0 Å². The van der Waals surface area contributed by atoms with Gasteiger partial charge in [-0.05, 0) is 24.1 Å². The molecule has 0 aromatic heterocycles. The zero-order valence-corrected chi connectivity index (χ0v) is 9.94. The largest absolute Gasteiger partial charge is 0.496 e. The highest BCUT2D eigenvalue weighted by atomic mass is 16.5. The molecule has 2 heteroatoms. The number of aldehydes is 1. The first kappa shape index (κ1) is 11.4. The summed E-state index contributed by atoms with van der Waals surface area (Å²) in [7, 11) is 1.65. The van der Waals surface area contributed by atoms with Crippen molar-refractivity contribution >= 4 is 6.29 Å². The number of hydrogen-bond acceptors (Lipinski definition) is 2. The van der Waals surface area contributed by atoms with Gasteiger partial charge in [0, 0.05) is 11.1 Å². The maximum absolute atomic E-state index is 10.9. The Morgan fingerprint density at radius 3 is 2.41 bits per heavy atom. The van der Waals surface area contributed by atoms with Crippen molar-refractivity contribution in [3.8, 4) is 16.9 Å². The minimum Gasteiger partial charge on any atom is -0.496 e. The molecule has 2 nitrogen and oxygen atoms in total. The number of methoxy groups -OCH3 is 1. The van der Waals surface area contributed by atoms with E-state index in [0.717, 1.165) is 28.7 Å². The second-order valence-electron chi connectivity index (χ2n) is 3.84. The highest BCUT2D eigenvalue weighted by Crippen LogP contribution is 2.32. The lowest BCUT2D eigenvalue weighted by Crippen LogP contribution is -1.93. The van der Waals surface area contributed by atoms with Crippen molar-refractivity contribution in [2.45, 2.75) is 6.92 Å². The van der Waals surface area contributed by atoms with Crippen molar-refractivity contribution in [2.24, 2.45) is 0 Å². The van der Waals surface area contributed by atoms with Crippen LogP contribution in [0.2, 0.25) is 0 Å². The van der Waals surface area contributed by atoms with E-state index in [1.54, 1.807) is 7.11 Å². The summed E-state index contributed by atoms with van der Waals surface area (Å²) in [5, 5.41) is 0. The topological polar surface area (TPSA) is 26.3 Å². The lowest BCUT2D eigenvalue weighted by Gasteiger charge is -2.11. The summed E-state index contributed by atoms with van der Waals surface area (Å²) in [6.45, 7) is 1.95. The quantitative estimate of drug-likeness (QED) is 0.749. The number of benzene rings is 2. The zero-order chi connectivity index (χ0) is 12.3. The van der Waals surface area contributed by atoms with Gasteiger partial charge in [0.15, 0.2) is 0 Å². The van der Waals surface area contributed by atoms with E-state index in [-0.39, 0.29) is 0 Å².